The molecule has 0 saturated carbocycles. The van der Waals surface area contributed by atoms with E-state index >= 15 is 0 Å². The van der Waals surface area contributed by atoms with Crippen LogP contribution in [-0.2, 0) is 22.8 Å². The maximum absolute atomic E-state index is 13.0. The van der Waals surface area contributed by atoms with E-state index in [4.69, 9.17) is 14.7 Å². The van der Waals surface area contributed by atoms with Crippen molar-refractivity contribution in [2.24, 2.45) is 4.99 Å². The van der Waals surface area contributed by atoms with Crippen LogP contribution in [-0.4, -0.2) is 61.3 Å². The summed E-state index contributed by atoms with van der Waals surface area (Å²) in [5.41, 5.74) is 4.04. The number of nitrogens with one attached hydrogen (secondary N) is 1. The lowest BCUT2D eigenvalue weighted by molar-refractivity contribution is 0.145. The predicted octanol–water partition coefficient (Wildman–Crippen LogP) is 3.90. The van der Waals surface area contributed by atoms with E-state index in [0.29, 0.717) is 30.3 Å². The number of aliphatic hydroxyl groups excluding tert-OH is 1. The third-order valence-electron chi connectivity index (χ3n) is 7.05. The molecule has 2 N–H and O–H groups in total. The van der Waals surface area contributed by atoms with Crippen LogP contribution in [0.15, 0.2) is 52.4 Å². The lowest BCUT2D eigenvalue weighted by Gasteiger charge is -2.31. The van der Waals surface area contributed by atoms with E-state index < -0.39 is 15.1 Å². The molecule has 10 heteroatoms. The number of para-hydroxylation sites is 1. The summed E-state index contributed by atoms with van der Waals surface area (Å²) >= 11 is 0. The fourth-order valence-electron chi connectivity index (χ4n) is 4.79. The summed E-state index contributed by atoms with van der Waals surface area (Å²) in [6, 6.07) is 13.0. The second kappa shape index (κ2) is 10.7. The fourth-order valence-corrected chi connectivity index (χ4v) is 5.99. The van der Waals surface area contributed by atoms with Crippen molar-refractivity contribution >= 4 is 33.2 Å². The van der Waals surface area contributed by atoms with Crippen molar-refractivity contribution in [1.82, 2.24) is 9.97 Å². The van der Waals surface area contributed by atoms with Gasteiger partial charge in [-0.05, 0) is 44.9 Å². The molecule has 0 bridgehead atoms. The maximum atomic E-state index is 13.0. The highest BCUT2D eigenvalue weighted by molar-refractivity contribution is 7.92. The highest BCUT2D eigenvalue weighted by Crippen LogP contribution is 2.32. The molecule has 2 aromatic carbocycles. The quantitative estimate of drug-likeness (QED) is 0.446. The number of benzene rings is 2. The SMILES string of the molecule is COc1cc(N2CCC(O)CC2)ccc1Cc1nc2c(c(Nc3ccccc3S(=O)(=O)C(C)C)n1)C=NC2. The van der Waals surface area contributed by atoms with Gasteiger partial charge in [-0.3, -0.25) is 4.99 Å². The molecule has 9 nitrogen and oxygen atoms in total. The van der Waals surface area contributed by atoms with Gasteiger partial charge in [-0.15, -0.1) is 0 Å². The molecule has 0 atom stereocenters. The molecule has 3 heterocycles. The second-order valence-electron chi connectivity index (χ2n) is 9.92. The Labute approximate surface area is 223 Å². The lowest BCUT2D eigenvalue weighted by atomic mass is 10.0. The van der Waals surface area contributed by atoms with Crippen LogP contribution < -0.4 is 15.0 Å². The monoisotopic (exact) mass is 535 g/mol. The van der Waals surface area contributed by atoms with Crippen LogP contribution in [0.2, 0.25) is 0 Å². The van der Waals surface area contributed by atoms with Crippen LogP contribution in [0.25, 0.3) is 0 Å². The van der Waals surface area contributed by atoms with Crippen molar-refractivity contribution in [3.8, 4) is 5.75 Å². The molecule has 200 valence electrons. The first-order valence-corrected chi connectivity index (χ1v) is 14.4. The van der Waals surface area contributed by atoms with Gasteiger partial charge in [-0.1, -0.05) is 18.2 Å². The van der Waals surface area contributed by atoms with Crippen molar-refractivity contribution in [1.29, 1.82) is 0 Å². The van der Waals surface area contributed by atoms with Gasteiger partial charge < -0.3 is 20.1 Å². The number of hydrogen-bond donors (Lipinski definition) is 2. The molecule has 2 aliphatic heterocycles. The zero-order valence-corrected chi connectivity index (χ0v) is 22.7. The summed E-state index contributed by atoms with van der Waals surface area (Å²) in [4.78, 5) is 16.4. The van der Waals surface area contributed by atoms with Crippen LogP contribution in [0.3, 0.4) is 0 Å². The maximum Gasteiger partial charge on any atom is 0.182 e. The largest absolute Gasteiger partial charge is 0.496 e. The number of methoxy groups -OCH3 is 1. The number of aliphatic hydroxyl groups is 1. The number of sulfone groups is 1. The molecule has 1 fully saturated rings. The molecular weight excluding hydrogens is 502 g/mol. The molecule has 0 amide bonds. The van der Waals surface area contributed by atoms with E-state index in [-0.39, 0.29) is 11.0 Å². The number of ether oxygens (including phenoxy) is 1. The van der Waals surface area contributed by atoms with Gasteiger partial charge in [0.2, 0.25) is 0 Å². The third-order valence-corrected chi connectivity index (χ3v) is 9.26. The minimum atomic E-state index is -3.50. The average molecular weight is 536 g/mol. The van der Waals surface area contributed by atoms with E-state index in [2.05, 4.69) is 21.3 Å². The number of aliphatic imine (C=N–C) groups is 1. The Hall–Kier alpha value is -3.50. The first-order valence-electron chi connectivity index (χ1n) is 12.9. The Morgan fingerprint density at radius 3 is 2.63 bits per heavy atom. The Morgan fingerprint density at radius 1 is 1.13 bits per heavy atom. The third kappa shape index (κ3) is 5.23. The Kier molecular flexibility index (Phi) is 7.36. The first kappa shape index (κ1) is 26.1. The molecule has 2 aliphatic rings. The summed E-state index contributed by atoms with van der Waals surface area (Å²) < 4.78 is 31.7. The van der Waals surface area contributed by atoms with Crippen LogP contribution in [0, 0.1) is 0 Å². The zero-order chi connectivity index (χ0) is 26.9. The predicted molar refractivity (Wildman–Crippen MR) is 149 cm³/mol. The number of fused-ring (bicyclic) bond motifs is 1. The normalized spacial score (nSPS) is 15.7. The van der Waals surface area contributed by atoms with Crippen molar-refractivity contribution in [2.75, 3.05) is 30.4 Å². The van der Waals surface area contributed by atoms with Crippen LogP contribution in [0.1, 0.15) is 49.3 Å². The number of piperidine rings is 1. The van der Waals surface area contributed by atoms with Crippen molar-refractivity contribution in [3.05, 3.63) is 65.1 Å². The van der Waals surface area contributed by atoms with E-state index in [1.807, 2.05) is 12.1 Å². The molecule has 5 rings (SSSR count). The summed E-state index contributed by atoms with van der Waals surface area (Å²) in [5, 5.41) is 12.5. The van der Waals surface area contributed by atoms with Crippen LogP contribution in [0.5, 0.6) is 5.75 Å². The first-order chi connectivity index (χ1) is 18.3. The van der Waals surface area contributed by atoms with E-state index in [9.17, 15) is 13.5 Å². The molecule has 0 unspecified atom stereocenters. The van der Waals surface area contributed by atoms with E-state index in [1.54, 1.807) is 51.4 Å². The lowest BCUT2D eigenvalue weighted by Crippen LogP contribution is -2.35. The number of anilines is 3. The van der Waals surface area contributed by atoms with Crippen molar-refractivity contribution in [2.45, 2.75) is 55.9 Å². The zero-order valence-electron chi connectivity index (χ0n) is 21.9. The summed E-state index contributed by atoms with van der Waals surface area (Å²) in [6.45, 7) is 5.41. The highest BCUT2D eigenvalue weighted by atomic mass is 32.2. The van der Waals surface area contributed by atoms with Gasteiger partial charge in [-0.2, -0.15) is 0 Å². The smallest absolute Gasteiger partial charge is 0.182 e. The summed E-state index contributed by atoms with van der Waals surface area (Å²) in [6.07, 6.45) is 3.45. The van der Waals surface area contributed by atoms with E-state index in [0.717, 1.165) is 54.2 Å². The number of nitrogens with zero attached hydrogens (tertiary/aromatic N) is 4. The second-order valence-corrected chi connectivity index (χ2v) is 12.4. The molecule has 1 aromatic heterocycles. The standard InChI is InChI=1S/C28H33N5O4S/c1-18(2)38(35,36)26-7-5-4-6-23(26)31-28-22-16-29-17-24(22)30-27(32-28)14-19-8-9-20(15-25(19)37-3)33-12-10-21(34)11-13-33/h4-9,15-16,18,21,34H,10-14,17H2,1-3H3,(H,30,31,32). The number of aromatic nitrogens is 2. The van der Waals surface area contributed by atoms with Gasteiger partial charge >= 0.3 is 0 Å². The summed E-state index contributed by atoms with van der Waals surface area (Å²) in [7, 11) is -1.85. The molecule has 38 heavy (non-hydrogen) atoms. The van der Waals surface area contributed by atoms with Crippen molar-refractivity contribution in [3.63, 3.8) is 0 Å². The van der Waals surface area contributed by atoms with Gasteiger partial charge in [-0.25, -0.2) is 18.4 Å². The summed E-state index contributed by atoms with van der Waals surface area (Å²) in [5.74, 6) is 1.87. The minimum absolute atomic E-state index is 0.228. The van der Waals surface area contributed by atoms with Gasteiger partial charge in [0.25, 0.3) is 0 Å². The van der Waals surface area contributed by atoms with Crippen molar-refractivity contribution < 1.29 is 18.3 Å². The number of rotatable bonds is 8. The highest BCUT2D eigenvalue weighted by Gasteiger charge is 2.25. The van der Waals surface area contributed by atoms with Gasteiger partial charge in [0.15, 0.2) is 9.84 Å². The molecule has 1 saturated heterocycles. The molecule has 3 aromatic rings. The minimum Gasteiger partial charge on any atom is -0.496 e. The Morgan fingerprint density at radius 2 is 1.89 bits per heavy atom. The van der Waals surface area contributed by atoms with Gasteiger partial charge in [0.05, 0.1) is 46.8 Å². The Balaban J connectivity index is 1.45. The Bertz CT molecular complexity index is 1460. The van der Waals surface area contributed by atoms with Gasteiger partial charge in [0, 0.05) is 43.0 Å². The molecule has 0 spiro atoms. The fraction of sp³-hybridized carbons (Fsp3) is 0.393. The molecule has 0 radical (unpaired) electrons. The van der Waals surface area contributed by atoms with Crippen LogP contribution >= 0.6 is 0 Å². The molecule has 0 aliphatic carbocycles. The molecular formula is C28H33N5O4S. The average Bonchev–Trinajstić information content (AvgIpc) is 3.39. The van der Waals surface area contributed by atoms with Gasteiger partial charge in [0.1, 0.15) is 17.4 Å². The topological polar surface area (TPSA) is 117 Å². The van der Waals surface area contributed by atoms with E-state index in [1.165, 1.54) is 0 Å². The van der Waals surface area contributed by atoms with Crippen LogP contribution in [0.4, 0.5) is 17.2 Å². The number of hydrogen-bond acceptors (Lipinski definition) is 9.